The van der Waals surface area contributed by atoms with Gasteiger partial charge in [-0.1, -0.05) is 17.3 Å². The van der Waals surface area contributed by atoms with Crippen LogP contribution < -0.4 is 20.5 Å². The molecule has 0 fully saturated rings. The van der Waals surface area contributed by atoms with Crippen molar-refractivity contribution in [2.45, 2.75) is 13.8 Å². The van der Waals surface area contributed by atoms with Crippen molar-refractivity contribution in [2.75, 3.05) is 32.6 Å². The number of aliphatic imine (C=N–C) groups is 1. The van der Waals surface area contributed by atoms with Gasteiger partial charge in [-0.3, -0.25) is 4.99 Å². The molecule has 4 N–H and O–H groups in total. The summed E-state index contributed by atoms with van der Waals surface area (Å²) in [5.74, 6) is 2.42. The van der Waals surface area contributed by atoms with E-state index >= 15 is 0 Å². The lowest BCUT2D eigenvalue weighted by molar-refractivity contribution is 0.337. The van der Waals surface area contributed by atoms with Gasteiger partial charge in [0.2, 0.25) is 0 Å². The normalized spacial score (nSPS) is 10.9. The van der Waals surface area contributed by atoms with Gasteiger partial charge in [0.05, 0.1) is 18.8 Å². The molecule has 8 nitrogen and oxygen atoms in total. The SMILES string of the molecule is CCOc1cccc(O)c1C(N)=NC.CCOc1cccc2onc(NC)c12.[HH]. The fourth-order valence-corrected chi connectivity index (χ4v) is 2.57. The molecule has 0 saturated carbocycles. The van der Waals surface area contributed by atoms with E-state index in [1.165, 1.54) is 0 Å². The lowest BCUT2D eigenvalue weighted by atomic mass is 10.1. The van der Waals surface area contributed by atoms with Crippen LogP contribution in [0.4, 0.5) is 5.82 Å². The Bertz CT molecular complexity index is 943. The second-order valence-corrected chi connectivity index (χ2v) is 5.54. The number of amidine groups is 1. The van der Waals surface area contributed by atoms with E-state index in [1.807, 2.05) is 32.0 Å². The van der Waals surface area contributed by atoms with Crippen LogP contribution in [0.3, 0.4) is 0 Å². The monoisotopic (exact) mass is 388 g/mol. The van der Waals surface area contributed by atoms with Gasteiger partial charge in [-0.15, -0.1) is 0 Å². The first-order valence-electron chi connectivity index (χ1n) is 8.93. The van der Waals surface area contributed by atoms with Gasteiger partial charge in [0.15, 0.2) is 11.4 Å². The van der Waals surface area contributed by atoms with Crippen molar-refractivity contribution in [1.29, 1.82) is 0 Å². The maximum Gasteiger partial charge on any atom is 0.180 e. The van der Waals surface area contributed by atoms with Crippen LogP contribution in [-0.4, -0.2) is 43.4 Å². The van der Waals surface area contributed by atoms with E-state index in [0.717, 1.165) is 16.7 Å². The van der Waals surface area contributed by atoms with Gasteiger partial charge >= 0.3 is 0 Å². The molecule has 1 heterocycles. The molecule has 0 aliphatic heterocycles. The highest BCUT2D eigenvalue weighted by Gasteiger charge is 2.12. The van der Waals surface area contributed by atoms with Crippen molar-refractivity contribution in [3.63, 3.8) is 0 Å². The zero-order valence-electron chi connectivity index (χ0n) is 16.5. The number of fused-ring (bicyclic) bond motifs is 1. The summed E-state index contributed by atoms with van der Waals surface area (Å²) in [5, 5.41) is 17.3. The summed E-state index contributed by atoms with van der Waals surface area (Å²) in [6.45, 7) is 4.97. The number of nitrogens with one attached hydrogen (secondary N) is 1. The Hall–Kier alpha value is -3.42. The Labute approximate surface area is 165 Å². The van der Waals surface area contributed by atoms with Gasteiger partial charge in [-0.2, -0.15) is 0 Å². The molecule has 0 atom stereocenters. The number of phenols is 1. The number of phenolic OH excluding ortho intramolecular Hbond substituents is 1. The Morgan fingerprint density at radius 3 is 2.46 bits per heavy atom. The number of hydrogen-bond acceptors (Lipinski definition) is 7. The molecule has 0 bridgehead atoms. The van der Waals surface area contributed by atoms with Gasteiger partial charge < -0.3 is 30.2 Å². The average molecular weight is 388 g/mol. The molecule has 1 aromatic heterocycles. The van der Waals surface area contributed by atoms with E-state index in [4.69, 9.17) is 19.7 Å². The molecule has 0 unspecified atom stereocenters. The minimum Gasteiger partial charge on any atom is -0.507 e. The molecule has 3 rings (SSSR count). The number of nitrogens with zero attached hydrogens (tertiary/aromatic N) is 2. The number of aromatic nitrogens is 1. The molecule has 2 aromatic carbocycles. The summed E-state index contributed by atoms with van der Waals surface area (Å²) >= 11 is 0. The molecule has 152 valence electrons. The Kier molecular flexibility index (Phi) is 7.50. The van der Waals surface area contributed by atoms with Crippen molar-refractivity contribution in [3.8, 4) is 17.2 Å². The third kappa shape index (κ3) is 4.64. The number of rotatable bonds is 6. The largest absolute Gasteiger partial charge is 0.507 e. The Morgan fingerprint density at radius 1 is 1.18 bits per heavy atom. The lowest BCUT2D eigenvalue weighted by Crippen LogP contribution is -2.15. The Morgan fingerprint density at radius 2 is 1.82 bits per heavy atom. The highest BCUT2D eigenvalue weighted by Crippen LogP contribution is 2.31. The predicted molar refractivity (Wildman–Crippen MR) is 113 cm³/mol. The zero-order valence-corrected chi connectivity index (χ0v) is 16.5. The maximum absolute atomic E-state index is 9.58. The standard InChI is InChI=1S/C10H12N2O2.C10H14N2O2.H2/c1-3-13-7-5-4-6-8-9(7)10(11-2)12-14-8;1-3-14-8-6-4-5-7(13)9(8)10(11)12-2;/h4-6H,3H2,1-2H3,(H,11,12);4-6,13H,3H2,1-2H3,(H2,11,12);1H. The highest BCUT2D eigenvalue weighted by molar-refractivity contribution is 6.02. The number of aromatic hydroxyl groups is 1. The first kappa shape index (κ1) is 20.9. The van der Waals surface area contributed by atoms with Crippen LogP contribution in [0.15, 0.2) is 45.9 Å². The van der Waals surface area contributed by atoms with E-state index in [2.05, 4.69) is 15.5 Å². The fraction of sp³-hybridized carbons (Fsp3) is 0.300. The first-order valence-corrected chi connectivity index (χ1v) is 8.93. The van der Waals surface area contributed by atoms with Gasteiger partial charge in [0, 0.05) is 15.5 Å². The van der Waals surface area contributed by atoms with Crippen LogP contribution in [0.25, 0.3) is 11.0 Å². The topological polar surface area (TPSA) is 115 Å². The zero-order chi connectivity index (χ0) is 20.5. The van der Waals surface area contributed by atoms with Crippen molar-refractivity contribution in [2.24, 2.45) is 10.7 Å². The van der Waals surface area contributed by atoms with E-state index in [-0.39, 0.29) is 13.0 Å². The minimum absolute atomic E-state index is 0. The third-order valence-electron chi connectivity index (χ3n) is 3.80. The van der Waals surface area contributed by atoms with Crippen LogP contribution in [0.5, 0.6) is 17.2 Å². The fourth-order valence-electron chi connectivity index (χ4n) is 2.57. The van der Waals surface area contributed by atoms with E-state index in [9.17, 15) is 5.11 Å². The molecule has 0 aliphatic carbocycles. The van der Waals surface area contributed by atoms with E-state index < -0.39 is 0 Å². The van der Waals surface area contributed by atoms with Crippen molar-refractivity contribution in [1.82, 2.24) is 5.16 Å². The van der Waals surface area contributed by atoms with Gasteiger partial charge in [0.1, 0.15) is 28.5 Å². The smallest absolute Gasteiger partial charge is 0.180 e. The highest BCUT2D eigenvalue weighted by atomic mass is 16.5. The molecule has 28 heavy (non-hydrogen) atoms. The summed E-state index contributed by atoms with van der Waals surface area (Å²) in [6, 6.07) is 10.7. The number of anilines is 1. The summed E-state index contributed by atoms with van der Waals surface area (Å²) < 4.78 is 15.9. The predicted octanol–water partition coefficient (Wildman–Crippen LogP) is 3.64. The van der Waals surface area contributed by atoms with E-state index in [1.54, 1.807) is 32.3 Å². The number of hydrogen-bond donors (Lipinski definition) is 3. The van der Waals surface area contributed by atoms with Crippen LogP contribution in [0, 0.1) is 0 Å². The molecule has 0 amide bonds. The maximum atomic E-state index is 9.58. The van der Waals surface area contributed by atoms with Crippen LogP contribution in [-0.2, 0) is 0 Å². The lowest BCUT2D eigenvalue weighted by Gasteiger charge is -2.10. The molecule has 0 spiro atoms. The first-order chi connectivity index (χ1) is 13.6. The van der Waals surface area contributed by atoms with Crippen LogP contribution in [0.2, 0.25) is 0 Å². The van der Waals surface area contributed by atoms with Crippen LogP contribution in [0.1, 0.15) is 20.8 Å². The van der Waals surface area contributed by atoms with Crippen molar-refractivity contribution < 1.29 is 20.5 Å². The summed E-state index contributed by atoms with van der Waals surface area (Å²) in [5.41, 5.74) is 6.83. The summed E-state index contributed by atoms with van der Waals surface area (Å²) in [4.78, 5) is 3.82. The van der Waals surface area contributed by atoms with Crippen molar-refractivity contribution in [3.05, 3.63) is 42.0 Å². The second-order valence-electron chi connectivity index (χ2n) is 5.54. The molecular formula is C20H28N4O4. The number of benzene rings is 2. The molecule has 0 saturated heterocycles. The average Bonchev–Trinajstić information content (AvgIpc) is 3.13. The Balaban J connectivity index is 0.000000280. The molecular weight excluding hydrogens is 360 g/mol. The minimum atomic E-state index is 0. The molecule has 8 heteroatoms. The quantitative estimate of drug-likeness (QED) is 0.436. The van der Waals surface area contributed by atoms with Crippen LogP contribution >= 0.6 is 0 Å². The van der Waals surface area contributed by atoms with E-state index in [0.29, 0.717) is 30.3 Å². The third-order valence-corrected chi connectivity index (χ3v) is 3.80. The second kappa shape index (κ2) is 10.1. The van der Waals surface area contributed by atoms with Gasteiger partial charge in [-0.25, -0.2) is 0 Å². The molecule has 0 aliphatic rings. The van der Waals surface area contributed by atoms with Gasteiger partial charge in [0.25, 0.3) is 0 Å². The number of nitrogens with two attached hydrogens (primary N) is 1. The summed E-state index contributed by atoms with van der Waals surface area (Å²) in [6.07, 6.45) is 0. The molecule has 3 aromatic rings. The summed E-state index contributed by atoms with van der Waals surface area (Å²) in [7, 11) is 3.37. The number of ether oxygens (including phenoxy) is 2. The molecule has 0 radical (unpaired) electrons. The van der Waals surface area contributed by atoms with Gasteiger partial charge in [-0.05, 0) is 38.1 Å². The van der Waals surface area contributed by atoms with Crippen molar-refractivity contribution >= 4 is 22.6 Å².